The van der Waals surface area contributed by atoms with E-state index in [0.717, 1.165) is 0 Å². The van der Waals surface area contributed by atoms with Crippen LogP contribution in [-0.4, -0.2) is 17.3 Å². The summed E-state index contributed by atoms with van der Waals surface area (Å²) in [4.78, 5) is 3.66. The molecule has 0 bridgehead atoms. The summed E-state index contributed by atoms with van der Waals surface area (Å²) in [7, 11) is 1.58. The molecule has 4 heteroatoms. The number of hydrogen-bond acceptors (Lipinski definition) is 4. The summed E-state index contributed by atoms with van der Waals surface area (Å²) in [5, 5.41) is 3.30. The maximum Gasteiger partial charge on any atom is 0.255 e. The molecule has 0 aromatic carbocycles. The van der Waals surface area contributed by atoms with E-state index in [1.165, 1.54) is 0 Å². The molecule has 1 atom stereocenters. The normalized spacial score (nSPS) is 13.6. The van der Waals surface area contributed by atoms with Crippen LogP contribution in [0.3, 0.4) is 0 Å². The molecule has 0 aliphatic rings. The molecule has 0 amide bonds. The van der Waals surface area contributed by atoms with Gasteiger partial charge in [-0.3, -0.25) is 0 Å². The SMILES string of the molecule is CO[C@@H](C)c1n[c]no1. The third-order valence-corrected chi connectivity index (χ3v) is 1.04. The lowest BCUT2D eigenvalue weighted by Gasteiger charge is -1.99. The van der Waals surface area contributed by atoms with Gasteiger partial charge < -0.3 is 9.26 Å². The van der Waals surface area contributed by atoms with Gasteiger partial charge in [-0.1, -0.05) is 5.16 Å². The van der Waals surface area contributed by atoms with Crippen molar-refractivity contribution in [3.8, 4) is 0 Å². The Morgan fingerprint density at radius 3 is 3.00 bits per heavy atom. The molecule has 9 heavy (non-hydrogen) atoms. The van der Waals surface area contributed by atoms with Crippen LogP contribution in [0.2, 0.25) is 0 Å². The van der Waals surface area contributed by atoms with Crippen molar-refractivity contribution in [1.82, 2.24) is 10.1 Å². The van der Waals surface area contributed by atoms with E-state index in [-0.39, 0.29) is 6.10 Å². The zero-order chi connectivity index (χ0) is 6.69. The number of aromatic nitrogens is 2. The molecule has 1 rings (SSSR count). The molecule has 0 saturated heterocycles. The zero-order valence-corrected chi connectivity index (χ0v) is 5.29. The summed E-state index contributed by atoms with van der Waals surface area (Å²) in [6.07, 6.45) is 2.16. The van der Waals surface area contributed by atoms with Crippen molar-refractivity contribution in [2.75, 3.05) is 7.11 Å². The predicted molar refractivity (Wildman–Crippen MR) is 28.6 cm³/mol. The van der Waals surface area contributed by atoms with Gasteiger partial charge in [0.15, 0.2) is 0 Å². The van der Waals surface area contributed by atoms with E-state index in [0.29, 0.717) is 5.89 Å². The molecule has 0 fully saturated rings. The number of methoxy groups -OCH3 is 1. The Morgan fingerprint density at radius 1 is 1.78 bits per heavy atom. The summed E-state index contributed by atoms with van der Waals surface area (Å²) in [6, 6.07) is 0. The van der Waals surface area contributed by atoms with Gasteiger partial charge in [0.25, 0.3) is 5.89 Å². The minimum absolute atomic E-state index is 0.135. The minimum atomic E-state index is -0.135. The highest BCUT2D eigenvalue weighted by molar-refractivity contribution is 4.77. The number of ether oxygens (including phenoxy) is 1. The predicted octanol–water partition coefficient (Wildman–Crippen LogP) is 0.577. The second kappa shape index (κ2) is 2.59. The Hall–Kier alpha value is -0.900. The lowest BCUT2D eigenvalue weighted by molar-refractivity contribution is 0.0886. The molecular weight excluding hydrogens is 120 g/mol. The minimum Gasteiger partial charge on any atom is -0.372 e. The van der Waals surface area contributed by atoms with E-state index in [1.54, 1.807) is 7.11 Å². The third-order valence-electron chi connectivity index (χ3n) is 1.04. The van der Waals surface area contributed by atoms with Crippen molar-refractivity contribution >= 4 is 0 Å². The largest absolute Gasteiger partial charge is 0.372 e. The lowest BCUT2D eigenvalue weighted by atomic mass is 10.4. The number of rotatable bonds is 2. The molecule has 1 radical (unpaired) electrons. The molecule has 1 aromatic heterocycles. The third kappa shape index (κ3) is 1.26. The van der Waals surface area contributed by atoms with Crippen LogP contribution in [0.1, 0.15) is 18.9 Å². The monoisotopic (exact) mass is 127 g/mol. The fourth-order valence-electron chi connectivity index (χ4n) is 0.423. The van der Waals surface area contributed by atoms with Crippen LogP contribution in [0.25, 0.3) is 0 Å². The fourth-order valence-corrected chi connectivity index (χ4v) is 0.423. The van der Waals surface area contributed by atoms with Crippen molar-refractivity contribution in [1.29, 1.82) is 0 Å². The summed E-state index contributed by atoms with van der Waals surface area (Å²) in [5.74, 6) is 0.456. The average Bonchev–Trinajstić information content (AvgIpc) is 2.37. The Kier molecular flexibility index (Phi) is 1.79. The van der Waals surface area contributed by atoms with Gasteiger partial charge in [-0.05, 0) is 6.92 Å². The highest BCUT2D eigenvalue weighted by atomic mass is 16.5. The van der Waals surface area contributed by atoms with Crippen molar-refractivity contribution in [3.05, 3.63) is 12.2 Å². The van der Waals surface area contributed by atoms with Crippen LogP contribution < -0.4 is 0 Å². The lowest BCUT2D eigenvalue weighted by Crippen LogP contribution is -1.94. The summed E-state index contributed by atoms with van der Waals surface area (Å²) in [5.41, 5.74) is 0. The second-order valence-electron chi connectivity index (χ2n) is 1.61. The van der Waals surface area contributed by atoms with Crippen LogP contribution >= 0.6 is 0 Å². The van der Waals surface area contributed by atoms with E-state index in [2.05, 4.69) is 21.0 Å². The van der Waals surface area contributed by atoms with Gasteiger partial charge in [0.2, 0.25) is 6.33 Å². The standard InChI is InChI=1S/C5H7N2O2/c1-4(8-2)5-6-3-7-9-5/h4H,1-2H3/t4-/m0/s1. The van der Waals surface area contributed by atoms with Crippen molar-refractivity contribution in [3.63, 3.8) is 0 Å². The first-order valence-corrected chi connectivity index (χ1v) is 2.57. The molecule has 1 heterocycles. The number of hydrogen-bond donors (Lipinski definition) is 0. The van der Waals surface area contributed by atoms with Crippen LogP contribution in [0, 0.1) is 6.33 Å². The molecule has 0 aliphatic carbocycles. The van der Waals surface area contributed by atoms with Gasteiger partial charge >= 0.3 is 0 Å². The Bertz CT molecular complexity index is 161. The van der Waals surface area contributed by atoms with E-state index in [1.807, 2.05) is 6.92 Å². The van der Waals surface area contributed by atoms with Gasteiger partial charge in [0.05, 0.1) is 0 Å². The maximum absolute atomic E-state index is 4.88. The molecule has 0 N–H and O–H groups in total. The van der Waals surface area contributed by atoms with Crippen molar-refractivity contribution in [2.24, 2.45) is 0 Å². The summed E-state index contributed by atoms with van der Waals surface area (Å²) < 4.78 is 9.52. The molecule has 0 spiro atoms. The first kappa shape index (κ1) is 6.22. The second-order valence-corrected chi connectivity index (χ2v) is 1.61. The van der Waals surface area contributed by atoms with Gasteiger partial charge in [0, 0.05) is 7.11 Å². The van der Waals surface area contributed by atoms with Crippen LogP contribution in [0.4, 0.5) is 0 Å². The van der Waals surface area contributed by atoms with Gasteiger partial charge in [0.1, 0.15) is 6.10 Å². The Morgan fingerprint density at radius 2 is 2.56 bits per heavy atom. The molecule has 0 saturated carbocycles. The van der Waals surface area contributed by atoms with Gasteiger partial charge in [-0.25, -0.2) is 0 Å². The summed E-state index contributed by atoms with van der Waals surface area (Å²) in [6.45, 7) is 1.82. The first-order valence-electron chi connectivity index (χ1n) is 2.57. The van der Waals surface area contributed by atoms with Crippen molar-refractivity contribution in [2.45, 2.75) is 13.0 Å². The smallest absolute Gasteiger partial charge is 0.255 e. The van der Waals surface area contributed by atoms with E-state index in [9.17, 15) is 0 Å². The first-order chi connectivity index (χ1) is 4.34. The molecule has 49 valence electrons. The molecule has 0 aliphatic heterocycles. The van der Waals surface area contributed by atoms with Crippen molar-refractivity contribution < 1.29 is 9.26 Å². The van der Waals surface area contributed by atoms with E-state index >= 15 is 0 Å². The van der Waals surface area contributed by atoms with E-state index in [4.69, 9.17) is 4.74 Å². The zero-order valence-electron chi connectivity index (χ0n) is 5.29. The molecule has 0 unspecified atom stereocenters. The number of nitrogens with zero attached hydrogens (tertiary/aromatic N) is 2. The summed E-state index contributed by atoms with van der Waals surface area (Å²) >= 11 is 0. The fraction of sp³-hybridized carbons (Fsp3) is 0.600. The highest BCUT2D eigenvalue weighted by Crippen LogP contribution is 2.09. The van der Waals surface area contributed by atoms with Crippen LogP contribution in [0.15, 0.2) is 4.52 Å². The van der Waals surface area contributed by atoms with Gasteiger partial charge in [-0.2, -0.15) is 4.98 Å². The van der Waals surface area contributed by atoms with Gasteiger partial charge in [-0.15, -0.1) is 0 Å². The van der Waals surface area contributed by atoms with Crippen LogP contribution in [-0.2, 0) is 4.74 Å². The van der Waals surface area contributed by atoms with Crippen LogP contribution in [0.5, 0.6) is 0 Å². The molecule has 4 nitrogen and oxygen atoms in total. The Labute approximate surface area is 52.8 Å². The molecule has 1 aromatic rings. The average molecular weight is 127 g/mol. The Balaban J connectivity index is 2.65. The quantitative estimate of drug-likeness (QED) is 0.583. The maximum atomic E-state index is 4.88. The van der Waals surface area contributed by atoms with E-state index < -0.39 is 0 Å². The highest BCUT2D eigenvalue weighted by Gasteiger charge is 2.08. The molecular formula is C5H7N2O2. The topological polar surface area (TPSA) is 48.2 Å².